The molecule has 1 heterocycles. The molecule has 1 atom stereocenters. The minimum absolute atomic E-state index is 0.415. The van der Waals surface area contributed by atoms with E-state index in [4.69, 9.17) is 9.47 Å². The zero-order valence-electron chi connectivity index (χ0n) is 8.90. The normalized spacial score (nSPS) is 16.9. The third-order valence-electron chi connectivity index (χ3n) is 2.54. The summed E-state index contributed by atoms with van der Waals surface area (Å²) in [5.74, 6) is 1.53. The first-order valence-corrected chi connectivity index (χ1v) is 5.39. The van der Waals surface area contributed by atoms with E-state index in [-0.39, 0.29) is 0 Å². The Hall–Kier alpha value is -1.22. The molecule has 0 spiro atoms. The second kappa shape index (κ2) is 4.53. The second-order valence-electron chi connectivity index (χ2n) is 3.68. The van der Waals surface area contributed by atoms with Crippen molar-refractivity contribution < 1.29 is 14.6 Å². The van der Waals surface area contributed by atoms with Crippen LogP contribution in [0.4, 0.5) is 0 Å². The van der Waals surface area contributed by atoms with Crippen molar-refractivity contribution in [1.82, 2.24) is 0 Å². The number of aliphatic hydroxyl groups is 1. The van der Waals surface area contributed by atoms with Gasteiger partial charge in [0.1, 0.15) is 0 Å². The van der Waals surface area contributed by atoms with Gasteiger partial charge in [-0.1, -0.05) is 13.0 Å². The van der Waals surface area contributed by atoms with Crippen molar-refractivity contribution in [2.24, 2.45) is 0 Å². The van der Waals surface area contributed by atoms with Crippen LogP contribution in [0.25, 0.3) is 0 Å². The molecule has 0 bridgehead atoms. The quantitative estimate of drug-likeness (QED) is 0.810. The molecule has 0 aromatic heterocycles. The van der Waals surface area contributed by atoms with Gasteiger partial charge < -0.3 is 14.6 Å². The highest BCUT2D eigenvalue weighted by molar-refractivity contribution is 5.43. The molecule has 15 heavy (non-hydrogen) atoms. The number of hydrogen-bond acceptors (Lipinski definition) is 3. The molecule has 1 N–H and O–H groups in total. The minimum atomic E-state index is -0.415. The molecule has 1 unspecified atom stereocenters. The third-order valence-corrected chi connectivity index (χ3v) is 2.54. The number of rotatable bonds is 2. The van der Waals surface area contributed by atoms with Crippen molar-refractivity contribution in [3.63, 3.8) is 0 Å². The van der Waals surface area contributed by atoms with Crippen LogP contribution in [0.2, 0.25) is 0 Å². The van der Waals surface area contributed by atoms with Crippen LogP contribution in [-0.2, 0) is 0 Å². The lowest BCUT2D eigenvalue weighted by Gasteiger charge is -2.12. The number of ether oxygens (including phenoxy) is 2. The number of benzene rings is 1. The highest BCUT2D eigenvalue weighted by atomic mass is 16.5. The molecule has 0 radical (unpaired) electrons. The topological polar surface area (TPSA) is 38.7 Å². The monoisotopic (exact) mass is 208 g/mol. The van der Waals surface area contributed by atoms with Gasteiger partial charge in [0.15, 0.2) is 11.5 Å². The van der Waals surface area contributed by atoms with Gasteiger partial charge in [-0.25, -0.2) is 0 Å². The fraction of sp³-hybridized carbons (Fsp3) is 0.500. The summed E-state index contributed by atoms with van der Waals surface area (Å²) in [7, 11) is 0. The van der Waals surface area contributed by atoms with E-state index in [1.807, 2.05) is 25.1 Å². The lowest BCUT2D eigenvalue weighted by molar-refractivity contribution is 0.173. The summed E-state index contributed by atoms with van der Waals surface area (Å²) < 4.78 is 11.1. The standard InChI is InChI=1S/C12H16O3/c1-2-10(13)9-4-5-11-12(8-9)15-7-3-6-14-11/h4-5,8,10,13H,2-3,6-7H2,1H3. The predicted molar refractivity (Wildman–Crippen MR) is 57.3 cm³/mol. The Morgan fingerprint density at radius 2 is 2.00 bits per heavy atom. The SMILES string of the molecule is CCC(O)c1ccc2c(c1)OCCCO2. The Kier molecular flexibility index (Phi) is 3.11. The molecule has 3 nitrogen and oxygen atoms in total. The van der Waals surface area contributed by atoms with Crippen LogP contribution in [0.3, 0.4) is 0 Å². The number of hydrogen-bond donors (Lipinski definition) is 1. The number of fused-ring (bicyclic) bond motifs is 1. The number of aliphatic hydroxyl groups excluding tert-OH is 1. The predicted octanol–water partition coefficient (Wildman–Crippen LogP) is 2.29. The second-order valence-corrected chi connectivity index (χ2v) is 3.68. The molecule has 82 valence electrons. The minimum Gasteiger partial charge on any atom is -0.490 e. The first kappa shape index (κ1) is 10.3. The molecule has 0 fully saturated rings. The average molecular weight is 208 g/mol. The Labute approximate surface area is 89.6 Å². The average Bonchev–Trinajstić information content (AvgIpc) is 2.51. The van der Waals surface area contributed by atoms with Gasteiger partial charge in [0.2, 0.25) is 0 Å². The molecule has 0 saturated carbocycles. The van der Waals surface area contributed by atoms with E-state index < -0.39 is 6.10 Å². The van der Waals surface area contributed by atoms with Crippen molar-refractivity contribution >= 4 is 0 Å². The van der Waals surface area contributed by atoms with Gasteiger partial charge in [-0.15, -0.1) is 0 Å². The van der Waals surface area contributed by atoms with Gasteiger partial charge in [-0.05, 0) is 24.1 Å². The summed E-state index contributed by atoms with van der Waals surface area (Å²) >= 11 is 0. The van der Waals surface area contributed by atoms with Crippen LogP contribution < -0.4 is 9.47 Å². The molecule has 0 aliphatic carbocycles. The van der Waals surface area contributed by atoms with Gasteiger partial charge in [-0.2, -0.15) is 0 Å². The van der Waals surface area contributed by atoms with Gasteiger partial charge in [0.05, 0.1) is 19.3 Å². The Morgan fingerprint density at radius 1 is 1.27 bits per heavy atom. The largest absolute Gasteiger partial charge is 0.490 e. The third kappa shape index (κ3) is 2.23. The highest BCUT2D eigenvalue weighted by Crippen LogP contribution is 2.32. The zero-order chi connectivity index (χ0) is 10.7. The van der Waals surface area contributed by atoms with Gasteiger partial charge in [0.25, 0.3) is 0 Å². The maximum atomic E-state index is 9.70. The lowest BCUT2D eigenvalue weighted by atomic mass is 10.1. The molecule has 0 saturated heterocycles. The molecule has 2 rings (SSSR count). The maximum Gasteiger partial charge on any atom is 0.161 e. The van der Waals surface area contributed by atoms with Crippen LogP contribution in [0.15, 0.2) is 18.2 Å². The maximum absolute atomic E-state index is 9.70. The van der Waals surface area contributed by atoms with Gasteiger partial charge in [-0.3, -0.25) is 0 Å². The van der Waals surface area contributed by atoms with E-state index in [0.717, 1.165) is 23.5 Å². The molecular formula is C12H16O3. The van der Waals surface area contributed by atoms with Crippen molar-refractivity contribution in [2.75, 3.05) is 13.2 Å². The highest BCUT2D eigenvalue weighted by Gasteiger charge is 2.13. The lowest BCUT2D eigenvalue weighted by Crippen LogP contribution is -1.98. The summed E-state index contributed by atoms with van der Waals surface area (Å²) in [6, 6.07) is 5.63. The van der Waals surface area contributed by atoms with Crippen LogP contribution >= 0.6 is 0 Å². The van der Waals surface area contributed by atoms with E-state index in [1.54, 1.807) is 0 Å². The molecule has 3 heteroatoms. The molecule has 1 aliphatic rings. The summed E-state index contributed by atoms with van der Waals surface area (Å²) in [6.45, 7) is 3.33. The summed E-state index contributed by atoms with van der Waals surface area (Å²) in [4.78, 5) is 0. The molecule has 1 aliphatic heterocycles. The van der Waals surface area contributed by atoms with Crippen molar-refractivity contribution in [3.05, 3.63) is 23.8 Å². The molecule has 1 aromatic carbocycles. The molecular weight excluding hydrogens is 192 g/mol. The molecule has 0 amide bonds. The summed E-state index contributed by atoms with van der Waals surface area (Å²) in [5.41, 5.74) is 0.891. The van der Waals surface area contributed by atoms with Crippen molar-refractivity contribution in [2.45, 2.75) is 25.9 Å². The van der Waals surface area contributed by atoms with Crippen molar-refractivity contribution in [3.8, 4) is 11.5 Å². The fourth-order valence-corrected chi connectivity index (χ4v) is 1.62. The van der Waals surface area contributed by atoms with E-state index in [9.17, 15) is 5.11 Å². The van der Waals surface area contributed by atoms with E-state index in [1.165, 1.54) is 0 Å². The smallest absolute Gasteiger partial charge is 0.161 e. The Morgan fingerprint density at radius 3 is 2.73 bits per heavy atom. The Balaban J connectivity index is 2.27. The first-order chi connectivity index (χ1) is 7.31. The van der Waals surface area contributed by atoms with Crippen LogP contribution in [0, 0.1) is 0 Å². The fourth-order valence-electron chi connectivity index (χ4n) is 1.62. The van der Waals surface area contributed by atoms with Crippen LogP contribution in [0.1, 0.15) is 31.4 Å². The van der Waals surface area contributed by atoms with Crippen molar-refractivity contribution in [1.29, 1.82) is 0 Å². The van der Waals surface area contributed by atoms with E-state index >= 15 is 0 Å². The van der Waals surface area contributed by atoms with Gasteiger partial charge in [0, 0.05) is 6.42 Å². The molecule has 1 aromatic rings. The Bertz CT molecular complexity index is 336. The summed E-state index contributed by atoms with van der Waals surface area (Å²) in [5, 5.41) is 9.70. The van der Waals surface area contributed by atoms with E-state index in [0.29, 0.717) is 19.6 Å². The van der Waals surface area contributed by atoms with Crippen LogP contribution in [0.5, 0.6) is 11.5 Å². The summed E-state index contributed by atoms with van der Waals surface area (Å²) in [6.07, 6.45) is 1.20. The first-order valence-electron chi connectivity index (χ1n) is 5.39. The van der Waals surface area contributed by atoms with Crippen LogP contribution in [-0.4, -0.2) is 18.3 Å². The van der Waals surface area contributed by atoms with Gasteiger partial charge >= 0.3 is 0 Å². The van der Waals surface area contributed by atoms with E-state index in [2.05, 4.69) is 0 Å². The zero-order valence-corrected chi connectivity index (χ0v) is 8.90.